The number of imide groups is 1. The minimum absolute atomic E-state index is 0.0527. The second-order valence-corrected chi connectivity index (χ2v) is 8.14. The van der Waals surface area contributed by atoms with E-state index in [4.69, 9.17) is 4.74 Å². The zero-order chi connectivity index (χ0) is 22.7. The molecule has 0 aromatic heterocycles. The van der Waals surface area contributed by atoms with Crippen molar-refractivity contribution in [2.24, 2.45) is 0 Å². The summed E-state index contributed by atoms with van der Waals surface area (Å²) in [5, 5.41) is 11.9. The first kappa shape index (κ1) is 26.7. The van der Waals surface area contributed by atoms with Crippen molar-refractivity contribution in [3.05, 3.63) is 35.9 Å². The van der Waals surface area contributed by atoms with Gasteiger partial charge in [0.2, 0.25) is 5.91 Å². The van der Waals surface area contributed by atoms with Crippen LogP contribution in [-0.2, 0) is 4.79 Å². The summed E-state index contributed by atoms with van der Waals surface area (Å²) in [5.74, 6) is -0.818. The van der Waals surface area contributed by atoms with Crippen molar-refractivity contribution in [3.8, 4) is 11.5 Å². The first-order chi connectivity index (χ1) is 15.1. The Morgan fingerprint density at radius 2 is 1.45 bits per heavy atom. The van der Waals surface area contributed by atoms with Crippen LogP contribution in [0.25, 0.3) is 0 Å². The van der Waals surface area contributed by atoms with Crippen molar-refractivity contribution in [3.63, 3.8) is 0 Å². The summed E-state index contributed by atoms with van der Waals surface area (Å²) in [5.41, 5.74) is 0.257. The molecule has 2 N–H and O–H groups in total. The van der Waals surface area contributed by atoms with Gasteiger partial charge in [-0.05, 0) is 37.1 Å². The number of carbonyl (C=O) groups is 2. The monoisotopic (exact) mass is 431 g/mol. The van der Waals surface area contributed by atoms with E-state index in [0.717, 1.165) is 12.8 Å². The molecule has 0 saturated heterocycles. The van der Waals surface area contributed by atoms with E-state index in [1.54, 1.807) is 0 Å². The first-order valence-corrected chi connectivity index (χ1v) is 12.0. The highest BCUT2D eigenvalue weighted by Gasteiger charge is 2.11. The minimum Gasteiger partial charge on any atom is -0.504 e. The number of phenolic OH excluding ortho intramolecular Hbond substituents is 1. The fourth-order valence-electron chi connectivity index (χ4n) is 3.51. The molecule has 174 valence electrons. The maximum Gasteiger partial charge on any atom is 0.258 e. The smallest absolute Gasteiger partial charge is 0.258 e. The number of methoxy groups -OCH3 is 1. The molecule has 0 aliphatic carbocycles. The lowest BCUT2D eigenvalue weighted by molar-refractivity contribution is -0.115. The Morgan fingerprint density at radius 3 is 2.00 bits per heavy atom. The van der Waals surface area contributed by atoms with Crippen molar-refractivity contribution < 1.29 is 19.4 Å². The number of aromatic hydroxyl groups is 1. The van der Waals surface area contributed by atoms with Gasteiger partial charge in [0.05, 0.1) is 7.11 Å². The number of phenols is 1. The molecule has 2 amide bonds. The predicted octanol–water partition coefficient (Wildman–Crippen LogP) is 6.69. The largest absolute Gasteiger partial charge is 0.504 e. The normalized spacial score (nSPS) is 11.0. The quantitative estimate of drug-likeness (QED) is 0.213. The Kier molecular flexibility index (Phi) is 15.0. The molecule has 1 aromatic carbocycles. The summed E-state index contributed by atoms with van der Waals surface area (Å²) in [6.45, 7) is 2.26. The molecule has 0 bridgehead atoms. The van der Waals surface area contributed by atoms with E-state index >= 15 is 0 Å². The van der Waals surface area contributed by atoms with Crippen molar-refractivity contribution in [2.75, 3.05) is 7.11 Å². The number of unbranched alkanes of at least 4 members (excludes halogenated alkanes) is 13. The molecule has 0 saturated carbocycles. The molecule has 0 aliphatic heterocycles. The van der Waals surface area contributed by atoms with E-state index in [2.05, 4.69) is 12.2 Å². The second-order valence-electron chi connectivity index (χ2n) is 8.14. The molecule has 1 rings (SSSR count). The highest BCUT2D eigenvalue weighted by Crippen LogP contribution is 2.26. The van der Waals surface area contributed by atoms with Crippen LogP contribution < -0.4 is 10.1 Å². The third kappa shape index (κ3) is 12.9. The number of benzene rings is 1. The van der Waals surface area contributed by atoms with Gasteiger partial charge in [-0.15, -0.1) is 0 Å². The van der Waals surface area contributed by atoms with E-state index in [0.29, 0.717) is 0 Å². The maximum absolute atomic E-state index is 12.1. The van der Waals surface area contributed by atoms with Gasteiger partial charge in [0, 0.05) is 5.56 Å². The minimum atomic E-state index is -0.520. The maximum atomic E-state index is 12.1. The van der Waals surface area contributed by atoms with Crippen LogP contribution in [0.4, 0.5) is 0 Å². The number of allylic oxidation sites excluding steroid dienone is 1. The molecule has 0 radical (unpaired) electrons. The van der Waals surface area contributed by atoms with E-state index in [-0.39, 0.29) is 17.1 Å². The van der Waals surface area contributed by atoms with Crippen molar-refractivity contribution in [1.29, 1.82) is 0 Å². The van der Waals surface area contributed by atoms with Crippen LogP contribution in [0.5, 0.6) is 11.5 Å². The van der Waals surface area contributed by atoms with Gasteiger partial charge in [-0.25, -0.2) is 0 Å². The van der Waals surface area contributed by atoms with Crippen LogP contribution in [-0.4, -0.2) is 24.0 Å². The summed E-state index contributed by atoms with van der Waals surface area (Å²) < 4.78 is 4.97. The highest BCUT2D eigenvalue weighted by atomic mass is 16.5. The Morgan fingerprint density at radius 1 is 0.903 bits per heavy atom. The van der Waals surface area contributed by atoms with E-state index in [1.165, 1.54) is 108 Å². The molecule has 0 atom stereocenters. The number of ether oxygens (including phenoxy) is 1. The van der Waals surface area contributed by atoms with Gasteiger partial charge in [0.1, 0.15) is 0 Å². The molecule has 5 heteroatoms. The SMILES string of the molecule is CCCCCCCCCCCCCCCC=CC(=O)NC(=O)c1ccc(O)c(OC)c1. The van der Waals surface area contributed by atoms with Gasteiger partial charge < -0.3 is 9.84 Å². The van der Waals surface area contributed by atoms with Gasteiger partial charge >= 0.3 is 0 Å². The van der Waals surface area contributed by atoms with Gasteiger partial charge in [-0.3, -0.25) is 14.9 Å². The lowest BCUT2D eigenvalue weighted by Crippen LogP contribution is -2.28. The predicted molar refractivity (Wildman–Crippen MR) is 127 cm³/mol. The lowest BCUT2D eigenvalue weighted by Gasteiger charge is -2.06. The summed E-state index contributed by atoms with van der Waals surface area (Å²) in [7, 11) is 1.40. The zero-order valence-corrected chi connectivity index (χ0v) is 19.5. The van der Waals surface area contributed by atoms with Crippen LogP contribution >= 0.6 is 0 Å². The standard InChI is InChI=1S/C26H41NO4/c1-3-4-5-6-7-8-9-10-11-12-13-14-15-16-17-18-25(29)27-26(30)22-19-20-23(28)24(21-22)31-2/h17-21,28H,3-16H2,1-2H3,(H,27,29,30). The first-order valence-electron chi connectivity index (χ1n) is 12.0. The highest BCUT2D eigenvalue weighted by molar-refractivity contribution is 6.08. The molecule has 0 unspecified atom stereocenters. The number of rotatable bonds is 17. The van der Waals surface area contributed by atoms with Crippen molar-refractivity contribution in [1.82, 2.24) is 5.32 Å². The third-order valence-corrected chi connectivity index (χ3v) is 5.42. The number of nitrogens with one attached hydrogen (secondary N) is 1. The number of amides is 2. The molecular weight excluding hydrogens is 390 g/mol. The summed E-state index contributed by atoms with van der Waals surface area (Å²) in [6, 6.07) is 4.20. The van der Waals surface area contributed by atoms with E-state index in [9.17, 15) is 14.7 Å². The number of carbonyl (C=O) groups excluding carboxylic acids is 2. The van der Waals surface area contributed by atoms with Crippen LogP contribution in [0.2, 0.25) is 0 Å². The fraction of sp³-hybridized carbons (Fsp3) is 0.615. The molecule has 31 heavy (non-hydrogen) atoms. The molecule has 0 heterocycles. The van der Waals surface area contributed by atoms with Crippen LogP contribution in [0, 0.1) is 0 Å². The summed E-state index contributed by atoms with van der Waals surface area (Å²) >= 11 is 0. The number of hydrogen-bond donors (Lipinski definition) is 2. The Bertz CT molecular complexity index is 669. The Balaban J connectivity index is 2.03. The molecule has 0 fully saturated rings. The van der Waals surface area contributed by atoms with Gasteiger partial charge in [-0.2, -0.15) is 0 Å². The van der Waals surface area contributed by atoms with E-state index in [1.807, 2.05) is 6.08 Å². The van der Waals surface area contributed by atoms with Crippen LogP contribution in [0.1, 0.15) is 107 Å². The Hall–Kier alpha value is -2.30. The molecule has 5 nitrogen and oxygen atoms in total. The van der Waals surface area contributed by atoms with Crippen molar-refractivity contribution in [2.45, 2.75) is 96.8 Å². The average molecular weight is 432 g/mol. The molecule has 0 spiro atoms. The third-order valence-electron chi connectivity index (χ3n) is 5.42. The van der Waals surface area contributed by atoms with Gasteiger partial charge in [-0.1, -0.05) is 90.0 Å². The van der Waals surface area contributed by atoms with Crippen LogP contribution in [0.15, 0.2) is 30.4 Å². The molecule has 0 aliphatic rings. The second kappa shape index (κ2) is 17.4. The average Bonchev–Trinajstić information content (AvgIpc) is 2.76. The topological polar surface area (TPSA) is 75.6 Å². The van der Waals surface area contributed by atoms with Crippen LogP contribution in [0.3, 0.4) is 0 Å². The van der Waals surface area contributed by atoms with E-state index < -0.39 is 11.8 Å². The molecular formula is C26H41NO4. The summed E-state index contributed by atoms with van der Waals surface area (Å²) in [6.07, 6.45) is 21.2. The summed E-state index contributed by atoms with van der Waals surface area (Å²) in [4.78, 5) is 24.0. The van der Waals surface area contributed by atoms with Gasteiger partial charge in [0.15, 0.2) is 11.5 Å². The van der Waals surface area contributed by atoms with Gasteiger partial charge in [0.25, 0.3) is 5.91 Å². The Labute approximate surface area is 188 Å². The van der Waals surface area contributed by atoms with Crippen molar-refractivity contribution >= 4 is 11.8 Å². The molecule has 1 aromatic rings. The zero-order valence-electron chi connectivity index (χ0n) is 19.5. The fourth-order valence-corrected chi connectivity index (χ4v) is 3.51. The number of hydrogen-bond acceptors (Lipinski definition) is 4. The lowest BCUT2D eigenvalue weighted by atomic mass is 10.0.